The van der Waals surface area contributed by atoms with Crippen LogP contribution < -0.4 is 5.32 Å². The Bertz CT molecular complexity index is 198. The van der Waals surface area contributed by atoms with Crippen molar-refractivity contribution in [3.05, 3.63) is 0 Å². The molecule has 0 aliphatic carbocycles. The van der Waals surface area contributed by atoms with Crippen molar-refractivity contribution in [1.29, 1.82) is 5.26 Å². The molecule has 0 fully saturated rings. The molecule has 0 bridgehead atoms. The molecule has 14 heavy (non-hydrogen) atoms. The lowest BCUT2D eigenvalue weighted by Crippen LogP contribution is -2.37. The van der Waals surface area contributed by atoms with E-state index in [4.69, 9.17) is 5.26 Å². The van der Waals surface area contributed by atoms with Crippen LogP contribution in [0.15, 0.2) is 0 Å². The number of carbonyl (C=O) groups is 1. The molecular weight excluding hydrogens is 178 g/mol. The molecule has 0 atom stereocenters. The van der Waals surface area contributed by atoms with E-state index in [0.717, 1.165) is 19.5 Å². The zero-order valence-corrected chi connectivity index (χ0v) is 9.05. The topological polar surface area (TPSA) is 56.1 Å². The van der Waals surface area contributed by atoms with Crippen molar-refractivity contribution >= 4 is 5.91 Å². The van der Waals surface area contributed by atoms with E-state index in [0.29, 0.717) is 19.5 Å². The summed E-state index contributed by atoms with van der Waals surface area (Å²) < 4.78 is 0. The molecule has 0 aromatic rings. The number of nitriles is 1. The molecule has 0 aromatic heterocycles. The van der Waals surface area contributed by atoms with Gasteiger partial charge in [-0.25, -0.2) is 0 Å². The van der Waals surface area contributed by atoms with Crippen LogP contribution in [0.25, 0.3) is 0 Å². The van der Waals surface area contributed by atoms with E-state index >= 15 is 0 Å². The average Bonchev–Trinajstić information content (AvgIpc) is 2.21. The highest BCUT2D eigenvalue weighted by atomic mass is 16.2. The van der Waals surface area contributed by atoms with Crippen molar-refractivity contribution in [2.45, 2.75) is 26.7 Å². The maximum Gasteiger partial charge on any atom is 0.234 e. The largest absolute Gasteiger partial charge is 0.355 e. The highest BCUT2D eigenvalue weighted by Crippen LogP contribution is 1.90. The van der Waals surface area contributed by atoms with Gasteiger partial charge in [-0.3, -0.25) is 9.69 Å². The van der Waals surface area contributed by atoms with Crippen LogP contribution in [0.1, 0.15) is 26.7 Å². The smallest absolute Gasteiger partial charge is 0.234 e. The van der Waals surface area contributed by atoms with Gasteiger partial charge in [-0.1, -0.05) is 13.8 Å². The third-order valence-corrected chi connectivity index (χ3v) is 1.93. The van der Waals surface area contributed by atoms with E-state index in [9.17, 15) is 4.79 Å². The summed E-state index contributed by atoms with van der Waals surface area (Å²) in [6.45, 7) is 6.62. The fourth-order valence-electron chi connectivity index (χ4n) is 1.08. The number of rotatable bonds is 7. The van der Waals surface area contributed by atoms with Crippen LogP contribution in [0.5, 0.6) is 0 Å². The maximum absolute atomic E-state index is 11.3. The number of amides is 1. The number of hydrogen-bond donors (Lipinski definition) is 1. The molecule has 4 heteroatoms. The molecule has 0 saturated heterocycles. The Morgan fingerprint density at radius 2 is 2.21 bits per heavy atom. The van der Waals surface area contributed by atoms with Gasteiger partial charge < -0.3 is 5.32 Å². The fourth-order valence-corrected chi connectivity index (χ4v) is 1.08. The van der Waals surface area contributed by atoms with Gasteiger partial charge in [0.1, 0.15) is 0 Å². The van der Waals surface area contributed by atoms with Crippen molar-refractivity contribution in [2.24, 2.45) is 0 Å². The normalized spacial score (nSPS) is 9.86. The summed E-state index contributed by atoms with van der Waals surface area (Å²) in [5, 5.41) is 11.2. The van der Waals surface area contributed by atoms with Gasteiger partial charge in [0.15, 0.2) is 0 Å². The first-order valence-corrected chi connectivity index (χ1v) is 5.10. The molecule has 0 radical (unpaired) electrons. The molecule has 0 heterocycles. The van der Waals surface area contributed by atoms with E-state index in [1.807, 2.05) is 18.7 Å². The Morgan fingerprint density at radius 3 is 2.71 bits per heavy atom. The minimum absolute atomic E-state index is 0.0478. The van der Waals surface area contributed by atoms with E-state index in [1.54, 1.807) is 0 Å². The van der Waals surface area contributed by atoms with Crippen LogP contribution >= 0.6 is 0 Å². The molecule has 0 aliphatic rings. The Labute approximate surface area is 85.9 Å². The lowest BCUT2D eigenvalue weighted by molar-refractivity contribution is -0.122. The maximum atomic E-state index is 11.3. The van der Waals surface area contributed by atoms with Gasteiger partial charge in [0.2, 0.25) is 5.91 Å². The minimum atomic E-state index is 0.0478. The monoisotopic (exact) mass is 197 g/mol. The van der Waals surface area contributed by atoms with E-state index < -0.39 is 0 Å². The second-order valence-electron chi connectivity index (χ2n) is 3.13. The van der Waals surface area contributed by atoms with Gasteiger partial charge in [-0.05, 0) is 13.0 Å². The molecular formula is C10H19N3O. The third kappa shape index (κ3) is 6.44. The van der Waals surface area contributed by atoms with Crippen molar-refractivity contribution in [3.63, 3.8) is 0 Å². The van der Waals surface area contributed by atoms with Crippen LogP contribution in [-0.2, 0) is 4.79 Å². The zero-order chi connectivity index (χ0) is 10.8. The molecule has 0 spiro atoms. The highest BCUT2D eigenvalue weighted by molar-refractivity contribution is 5.77. The lowest BCUT2D eigenvalue weighted by atomic mass is 10.3. The average molecular weight is 197 g/mol. The summed E-state index contributed by atoms with van der Waals surface area (Å²) in [4.78, 5) is 13.3. The van der Waals surface area contributed by atoms with Gasteiger partial charge >= 0.3 is 0 Å². The predicted octanol–water partition coefficient (Wildman–Crippen LogP) is 0.748. The van der Waals surface area contributed by atoms with E-state index in [1.165, 1.54) is 0 Å². The van der Waals surface area contributed by atoms with Crippen molar-refractivity contribution in [3.8, 4) is 6.07 Å². The summed E-state index contributed by atoms with van der Waals surface area (Å²) in [5.41, 5.74) is 0. The van der Waals surface area contributed by atoms with Gasteiger partial charge in [-0.15, -0.1) is 0 Å². The van der Waals surface area contributed by atoms with Crippen molar-refractivity contribution in [1.82, 2.24) is 10.2 Å². The van der Waals surface area contributed by atoms with E-state index in [2.05, 4.69) is 11.4 Å². The van der Waals surface area contributed by atoms with Crippen LogP contribution in [-0.4, -0.2) is 37.0 Å². The Kier molecular flexibility index (Phi) is 7.86. The summed E-state index contributed by atoms with van der Waals surface area (Å²) in [6.07, 6.45) is 1.44. The first kappa shape index (κ1) is 12.9. The molecule has 0 aliphatic heterocycles. The van der Waals surface area contributed by atoms with Crippen LogP contribution in [0.4, 0.5) is 0 Å². The number of nitrogens with one attached hydrogen (secondary N) is 1. The van der Waals surface area contributed by atoms with Gasteiger partial charge in [0.05, 0.1) is 12.6 Å². The SMILES string of the molecule is CCCNC(=O)CN(CC)CCC#N. The summed E-state index contributed by atoms with van der Waals surface area (Å²) in [5.74, 6) is 0.0478. The molecule has 0 unspecified atom stereocenters. The number of nitrogens with zero attached hydrogens (tertiary/aromatic N) is 2. The number of likely N-dealkylation sites (N-methyl/N-ethyl adjacent to an activating group) is 1. The number of hydrogen-bond acceptors (Lipinski definition) is 3. The van der Waals surface area contributed by atoms with Gasteiger partial charge in [0.25, 0.3) is 0 Å². The second kappa shape index (κ2) is 8.52. The van der Waals surface area contributed by atoms with Crippen LogP contribution in [0, 0.1) is 11.3 Å². The standard InChI is InChI=1S/C10H19N3O/c1-3-7-12-10(14)9-13(4-2)8-5-6-11/h3-5,7-9H2,1-2H3,(H,12,14). The first-order valence-electron chi connectivity index (χ1n) is 5.10. The highest BCUT2D eigenvalue weighted by Gasteiger charge is 2.07. The molecule has 0 saturated carbocycles. The third-order valence-electron chi connectivity index (χ3n) is 1.93. The molecule has 80 valence electrons. The molecule has 0 rings (SSSR count). The Morgan fingerprint density at radius 1 is 1.50 bits per heavy atom. The van der Waals surface area contributed by atoms with Crippen molar-refractivity contribution in [2.75, 3.05) is 26.2 Å². The zero-order valence-electron chi connectivity index (χ0n) is 9.05. The fraction of sp³-hybridized carbons (Fsp3) is 0.800. The molecule has 0 aromatic carbocycles. The molecule has 1 amide bonds. The van der Waals surface area contributed by atoms with Gasteiger partial charge in [-0.2, -0.15) is 5.26 Å². The minimum Gasteiger partial charge on any atom is -0.355 e. The number of carbonyl (C=O) groups excluding carboxylic acids is 1. The first-order chi connectivity index (χ1) is 6.74. The summed E-state index contributed by atoms with van der Waals surface area (Å²) in [7, 11) is 0. The summed E-state index contributed by atoms with van der Waals surface area (Å²) in [6, 6.07) is 2.08. The quantitative estimate of drug-likeness (QED) is 0.655. The van der Waals surface area contributed by atoms with Crippen molar-refractivity contribution < 1.29 is 4.79 Å². The Hall–Kier alpha value is -1.08. The molecule has 1 N–H and O–H groups in total. The van der Waals surface area contributed by atoms with Gasteiger partial charge in [0, 0.05) is 19.5 Å². The predicted molar refractivity (Wildman–Crippen MR) is 55.6 cm³/mol. The van der Waals surface area contributed by atoms with E-state index in [-0.39, 0.29) is 5.91 Å². The van der Waals surface area contributed by atoms with Crippen LogP contribution in [0.2, 0.25) is 0 Å². The summed E-state index contributed by atoms with van der Waals surface area (Å²) >= 11 is 0. The molecule has 4 nitrogen and oxygen atoms in total. The second-order valence-corrected chi connectivity index (χ2v) is 3.13. The Balaban J connectivity index is 3.69. The van der Waals surface area contributed by atoms with Crippen LogP contribution in [0.3, 0.4) is 0 Å². The lowest BCUT2D eigenvalue weighted by Gasteiger charge is -2.17.